The molecular formula is C17H17N3O. The lowest BCUT2D eigenvalue weighted by atomic mass is 10.0. The molecule has 4 nitrogen and oxygen atoms in total. The quantitative estimate of drug-likeness (QED) is 0.688. The van der Waals surface area contributed by atoms with E-state index in [0.29, 0.717) is 11.5 Å². The average molecular weight is 279 g/mol. The van der Waals surface area contributed by atoms with E-state index in [9.17, 15) is 4.79 Å². The summed E-state index contributed by atoms with van der Waals surface area (Å²) >= 11 is 0. The van der Waals surface area contributed by atoms with Gasteiger partial charge in [-0.1, -0.05) is 38.1 Å². The molecule has 2 heterocycles. The van der Waals surface area contributed by atoms with Gasteiger partial charge in [-0.15, -0.1) is 10.2 Å². The van der Waals surface area contributed by atoms with E-state index in [1.165, 1.54) is 5.56 Å². The maximum atomic E-state index is 11.0. The Balaban J connectivity index is 2.16. The molecule has 0 saturated heterocycles. The molecule has 0 aliphatic rings. The lowest BCUT2D eigenvalue weighted by molar-refractivity contribution is 0.112. The molecule has 0 N–H and O–H groups in total. The summed E-state index contributed by atoms with van der Waals surface area (Å²) in [4.78, 5) is 11.0. The van der Waals surface area contributed by atoms with Gasteiger partial charge in [0.2, 0.25) is 0 Å². The minimum Gasteiger partial charge on any atom is -0.298 e. The molecule has 0 aliphatic heterocycles. The number of aromatic nitrogens is 3. The van der Waals surface area contributed by atoms with Crippen molar-refractivity contribution in [2.24, 2.45) is 0 Å². The van der Waals surface area contributed by atoms with E-state index in [0.717, 1.165) is 28.9 Å². The summed E-state index contributed by atoms with van der Waals surface area (Å²) in [6, 6.07) is 10.1. The molecule has 2 aromatic heterocycles. The highest BCUT2D eigenvalue weighted by Crippen LogP contribution is 2.23. The second kappa shape index (κ2) is 5.13. The highest BCUT2D eigenvalue weighted by Gasteiger charge is 2.11. The Labute approximate surface area is 123 Å². The van der Waals surface area contributed by atoms with Crippen LogP contribution < -0.4 is 0 Å². The van der Waals surface area contributed by atoms with Crippen LogP contribution in [-0.4, -0.2) is 20.9 Å². The van der Waals surface area contributed by atoms with Crippen LogP contribution in [0.1, 0.15) is 41.3 Å². The molecule has 0 saturated carbocycles. The summed E-state index contributed by atoms with van der Waals surface area (Å²) < 4.78 is 1.88. The first-order valence-electron chi connectivity index (χ1n) is 7.01. The SMILES string of the molecule is Cc1cc(C=O)cn2c(-c3ccc(C(C)C)cc3)nnc12. The third-order valence-electron chi connectivity index (χ3n) is 3.68. The molecule has 1 aromatic carbocycles. The normalized spacial score (nSPS) is 11.2. The zero-order valence-corrected chi connectivity index (χ0v) is 12.4. The van der Waals surface area contributed by atoms with Crippen LogP contribution in [0.5, 0.6) is 0 Å². The first kappa shape index (κ1) is 13.5. The molecule has 0 spiro atoms. The van der Waals surface area contributed by atoms with Crippen molar-refractivity contribution in [1.82, 2.24) is 14.6 Å². The molecule has 0 unspecified atom stereocenters. The molecule has 0 atom stereocenters. The number of rotatable bonds is 3. The van der Waals surface area contributed by atoms with E-state index >= 15 is 0 Å². The maximum absolute atomic E-state index is 11.0. The number of carbonyl (C=O) groups is 1. The minimum absolute atomic E-state index is 0.498. The highest BCUT2D eigenvalue weighted by molar-refractivity contribution is 5.76. The van der Waals surface area contributed by atoms with E-state index < -0.39 is 0 Å². The van der Waals surface area contributed by atoms with Crippen molar-refractivity contribution in [2.75, 3.05) is 0 Å². The van der Waals surface area contributed by atoms with Crippen molar-refractivity contribution in [3.05, 3.63) is 53.2 Å². The Morgan fingerprint density at radius 1 is 1.14 bits per heavy atom. The molecule has 3 aromatic rings. The van der Waals surface area contributed by atoms with Gasteiger partial charge in [0.1, 0.15) is 0 Å². The maximum Gasteiger partial charge on any atom is 0.168 e. The van der Waals surface area contributed by atoms with Crippen molar-refractivity contribution >= 4 is 11.9 Å². The number of carbonyl (C=O) groups excluding carboxylic acids is 1. The molecule has 3 rings (SSSR count). The van der Waals surface area contributed by atoms with Gasteiger partial charge in [0.15, 0.2) is 17.8 Å². The van der Waals surface area contributed by atoms with E-state index in [4.69, 9.17) is 0 Å². The molecule has 0 aliphatic carbocycles. The van der Waals surface area contributed by atoms with Crippen LogP contribution in [0.3, 0.4) is 0 Å². The van der Waals surface area contributed by atoms with Gasteiger partial charge >= 0.3 is 0 Å². The largest absolute Gasteiger partial charge is 0.298 e. The van der Waals surface area contributed by atoms with Crippen molar-refractivity contribution in [1.29, 1.82) is 0 Å². The second-order valence-corrected chi connectivity index (χ2v) is 5.57. The van der Waals surface area contributed by atoms with Gasteiger partial charge in [-0.05, 0) is 30.0 Å². The summed E-state index contributed by atoms with van der Waals surface area (Å²) in [5.41, 5.74) is 4.63. The molecular weight excluding hydrogens is 262 g/mol. The van der Waals surface area contributed by atoms with Gasteiger partial charge in [0.25, 0.3) is 0 Å². The van der Waals surface area contributed by atoms with E-state index in [1.54, 1.807) is 6.20 Å². The van der Waals surface area contributed by atoms with Gasteiger partial charge in [0.05, 0.1) is 0 Å². The Morgan fingerprint density at radius 3 is 2.48 bits per heavy atom. The van der Waals surface area contributed by atoms with Crippen molar-refractivity contribution < 1.29 is 4.79 Å². The zero-order chi connectivity index (χ0) is 15.0. The van der Waals surface area contributed by atoms with Crippen LogP contribution in [0.2, 0.25) is 0 Å². The van der Waals surface area contributed by atoms with Crippen LogP contribution in [0.25, 0.3) is 17.0 Å². The second-order valence-electron chi connectivity index (χ2n) is 5.57. The van der Waals surface area contributed by atoms with Crippen LogP contribution >= 0.6 is 0 Å². The summed E-state index contributed by atoms with van der Waals surface area (Å²) in [6.45, 7) is 6.27. The zero-order valence-electron chi connectivity index (χ0n) is 12.4. The van der Waals surface area contributed by atoms with Gasteiger partial charge in [-0.2, -0.15) is 0 Å². The van der Waals surface area contributed by atoms with E-state index in [2.05, 4.69) is 48.3 Å². The van der Waals surface area contributed by atoms with Gasteiger partial charge in [0, 0.05) is 17.3 Å². The fourth-order valence-electron chi connectivity index (χ4n) is 2.46. The molecule has 0 bridgehead atoms. The standard InChI is InChI=1S/C17H17N3O/c1-11(2)14-4-6-15(7-5-14)17-19-18-16-12(3)8-13(10-21)9-20(16)17/h4-11H,1-3H3. The Morgan fingerprint density at radius 2 is 1.86 bits per heavy atom. The van der Waals surface area contributed by atoms with Gasteiger partial charge in [-0.3, -0.25) is 9.20 Å². The number of hydrogen-bond donors (Lipinski definition) is 0. The topological polar surface area (TPSA) is 47.3 Å². The lowest BCUT2D eigenvalue weighted by Crippen LogP contribution is -1.95. The van der Waals surface area contributed by atoms with Crippen LogP contribution in [0.4, 0.5) is 0 Å². The highest BCUT2D eigenvalue weighted by atomic mass is 16.1. The third kappa shape index (κ3) is 2.33. The molecule has 106 valence electrons. The summed E-state index contributed by atoms with van der Waals surface area (Å²) in [7, 11) is 0. The number of pyridine rings is 1. The van der Waals surface area contributed by atoms with Crippen molar-refractivity contribution in [2.45, 2.75) is 26.7 Å². The number of nitrogens with zero attached hydrogens (tertiary/aromatic N) is 3. The molecule has 0 fully saturated rings. The summed E-state index contributed by atoms with van der Waals surface area (Å²) in [5, 5.41) is 8.50. The predicted octanol–water partition coefficient (Wildman–Crippen LogP) is 3.64. The van der Waals surface area contributed by atoms with Crippen LogP contribution in [-0.2, 0) is 0 Å². The lowest BCUT2D eigenvalue weighted by Gasteiger charge is -2.06. The average Bonchev–Trinajstić information content (AvgIpc) is 2.91. The Kier molecular flexibility index (Phi) is 3.29. The Bertz CT molecular complexity index is 801. The monoisotopic (exact) mass is 279 g/mol. The van der Waals surface area contributed by atoms with Crippen LogP contribution in [0.15, 0.2) is 36.5 Å². The first-order chi connectivity index (χ1) is 10.1. The van der Waals surface area contributed by atoms with Gasteiger partial charge in [-0.25, -0.2) is 0 Å². The van der Waals surface area contributed by atoms with Crippen molar-refractivity contribution in [3.63, 3.8) is 0 Å². The van der Waals surface area contributed by atoms with E-state index in [1.807, 2.05) is 17.4 Å². The smallest absolute Gasteiger partial charge is 0.168 e. The molecule has 0 radical (unpaired) electrons. The number of benzene rings is 1. The fraction of sp³-hybridized carbons (Fsp3) is 0.235. The van der Waals surface area contributed by atoms with E-state index in [-0.39, 0.29) is 0 Å². The number of fused-ring (bicyclic) bond motifs is 1. The molecule has 4 heteroatoms. The number of aryl methyl sites for hydroxylation is 1. The van der Waals surface area contributed by atoms with Gasteiger partial charge < -0.3 is 0 Å². The van der Waals surface area contributed by atoms with Crippen LogP contribution in [0, 0.1) is 6.92 Å². The van der Waals surface area contributed by atoms with Crippen molar-refractivity contribution in [3.8, 4) is 11.4 Å². The summed E-state index contributed by atoms with van der Waals surface area (Å²) in [6.07, 6.45) is 2.62. The predicted molar refractivity (Wildman–Crippen MR) is 82.6 cm³/mol. The number of hydrogen-bond acceptors (Lipinski definition) is 3. The molecule has 0 amide bonds. The summed E-state index contributed by atoms with van der Waals surface area (Å²) in [5.74, 6) is 1.25. The number of aldehydes is 1. The first-order valence-corrected chi connectivity index (χ1v) is 7.01. The third-order valence-corrected chi connectivity index (χ3v) is 3.68. The fourth-order valence-corrected chi connectivity index (χ4v) is 2.46. The minimum atomic E-state index is 0.498. The Hall–Kier alpha value is -2.49. The molecule has 21 heavy (non-hydrogen) atoms.